The molecule has 0 aliphatic heterocycles. The number of aliphatic hydroxyl groups excluding tert-OH is 2. The number of carbonyl (C=O) groups is 1. The van der Waals surface area contributed by atoms with Gasteiger partial charge < -0.3 is 15.9 Å². The molecule has 3 unspecified atom stereocenters. The first kappa shape index (κ1) is 17.0. The van der Waals surface area contributed by atoms with Crippen molar-refractivity contribution >= 4 is 17.4 Å². The normalized spacial score (nSPS) is 54.3. The maximum absolute atomic E-state index is 12.3. The van der Waals surface area contributed by atoms with Gasteiger partial charge in [-0.25, -0.2) is 0 Å². The number of carbonyl (C=O) groups excluding carboxylic acids is 1. The van der Waals surface area contributed by atoms with Crippen LogP contribution in [0.5, 0.6) is 0 Å². The molecule has 3 saturated carbocycles. The van der Waals surface area contributed by atoms with Gasteiger partial charge in [-0.2, -0.15) is 0 Å². The Bertz CT molecular complexity index is 620. The Hall–Kier alpha value is -0.420. The number of halogens is 1. The summed E-state index contributed by atoms with van der Waals surface area (Å²) in [7, 11) is 0. The zero-order valence-corrected chi connectivity index (χ0v) is 15.2. The van der Waals surface area contributed by atoms with Crippen LogP contribution in [0.4, 0.5) is 0 Å². The number of nitrogens with two attached hydrogens (primary N) is 1. The van der Waals surface area contributed by atoms with E-state index in [0.29, 0.717) is 23.8 Å². The van der Waals surface area contributed by atoms with E-state index in [2.05, 4.69) is 13.8 Å². The molecule has 0 amide bonds. The number of Topliss-reactive ketones (excluding diaryl/α,β-unsaturated/α-hetero) is 1. The zero-order chi connectivity index (χ0) is 17.4. The summed E-state index contributed by atoms with van der Waals surface area (Å²) < 4.78 is 0. The van der Waals surface area contributed by atoms with Crippen LogP contribution in [0.2, 0.25) is 0 Å². The standard InChI is InChI=1S/C19H28ClNO3/c1-18-5-3-9(22)7-12(18)15(20)16(24)14-10(18)4-6-19(2)11(14)8-13(23)17(19)21/h9-11,14,16-17,22,24H,3-8,21H2,1-2H3/t9?,10-,11+,14-,16?,17?,18-,19+/m1/s1. The Labute approximate surface area is 148 Å². The van der Waals surface area contributed by atoms with E-state index >= 15 is 0 Å². The smallest absolute Gasteiger partial charge is 0.150 e. The molecule has 24 heavy (non-hydrogen) atoms. The summed E-state index contributed by atoms with van der Waals surface area (Å²) in [6.45, 7) is 4.37. The summed E-state index contributed by atoms with van der Waals surface area (Å²) >= 11 is 6.63. The van der Waals surface area contributed by atoms with Gasteiger partial charge in [0, 0.05) is 11.5 Å². The van der Waals surface area contributed by atoms with E-state index in [0.717, 1.165) is 31.3 Å². The molecule has 0 aromatic heterocycles. The number of aliphatic hydroxyl groups is 2. The van der Waals surface area contributed by atoms with Gasteiger partial charge in [0.1, 0.15) is 5.78 Å². The van der Waals surface area contributed by atoms with Gasteiger partial charge in [-0.15, -0.1) is 0 Å². The summed E-state index contributed by atoms with van der Waals surface area (Å²) in [6.07, 6.45) is 3.52. The highest BCUT2D eigenvalue weighted by atomic mass is 35.5. The highest BCUT2D eigenvalue weighted by Gasteiger charge is 2.63. The SMILES string of the molecule is C[C@]12CCC(O)CC1=C(Cl)C(O)[C@@H]1[C@H]2CC[C@]2(C)C(N)C(=O)C[C@@H]12. The lowest BCUT2D eigenvalue weighted by Crippen LogP contribution is -2.57. The second kappa shape index (κ2) is 5.29. The molecule has 0 aromatic carbocycles. The summed E-state index contributed by atoms with van der Waals surface area (Å²) in [5.74, 6) is 0.546. The maximum Gasteiger partial charge on any atom is 0.150 e. The van der Waals surface area contributed by atoms with Crippen LogP contribution in [-0.4, -0.2) is 34.2 Å². The van der Waals surface area contributed by atoms with Crippen molar-refractivity contribution in [2.45, 2.75) is 70.6 Å². The van der Waals surface area contributed by atoms with Crippen molar-refractivity contribution in [2.75, 3.05) is 0 Å². The third kappa shape index (κ3) is 2.00. The Balaban J connectivity index is 1.80. The van der Waals surface area contributed by atoms with Crippen molar-refractivity contribution in [2.24, 2.45) is 34.3 Å². The predicted molar refractivity (Wildman–Crippen MR) is 92.3 cm³/mol. The van der Waals surface area contributed by atoms with Gasteiger partial charge >= 0.3 is 0 Å². The van der Waals surface area contributed by atoms with Crippen LogP contribution in [-0.2, 0) is 4.79 Å². The second-order valence-electron chi connectivity index (χ2n) is 9.07. The molecule has 0 saturated heterocycles. The van der Waals surface area contributed by atoms with Crippen LogP contribution < -0.4 is 5.73 Å². The lowest BCUT2D eigenvalue weighted by Gasteiger charge is -2.59. The third-order valence-corrected chi connectivity index (χ3v) is 8.56. The van der Waals surface area contributed by atoms with Crippen molar-refractivity contribution in [3.05, 3.63) is 10.6 Å². The Kier molecular flexibility index (Phi) is 3.75. The monoisotopic (exact) mass is 353 g/mol. The first-order chi connectivity index (χ1) is 11.2. The van der Waals surface area contributed by atoms with Gasteiger partial charge in [-0.05, 0) is 66.3 Å². The van der Waals surface area contributed by atoms with Crippen LogP contribution in [0, 0.1) is 28.6 Å². The van der Waals surface area contributed by atoms with E-state index in [4.69, 9.17) is 17.3 Å². The molecule has 3 fully saturated rings. The lowest BCUT2D eigenvalue weighted by molar-refractivity contribution is -0.119. The minimum Gasteiger partial charge on any atom is -0.393 e. The van der Waals surface area contributed by atoms with Crippen molar-refractivity contribution < 1.29 is 15.0 Å². The molecule has 0 aromatic rings. The van der Waals surface area contributed by atoms with E-state index in [1.807, 2.05) is 0 Å². The fourth-order valence-electron chi connectivity index (χ4n) is 6.53. The van der Waals surface area contributed by atoms with E-state index in [9.17, 15) is 15.0 Å². The van der Waals surface area contributed by atoms with Crippen LogP contribution >= 0.6 is 11.6 Å². The second-order valence-corrected chi connectivity index (χ2v) is 9.48. The van der Waals surface area contributed by atoms with Crippen molar-refractivity contribution in [1.29, 1.82) is 0 Å². The fourth-order valence-corrected chi connectivity index (χ4v) is 6.97. The highest BCUT2D eigenvalue weighted by Crippen LogP contribution is 2.65. The molecule has 4 N–H and O–H groups in total. The largest absolute Gasteiger partial charge is 0.393 e. The number of rotatable bonds is 0. The van der Waals surface area contributed by atoms with Crippen molar-refractivity contribution in [3.8, 4) is 0 Å². The maximum atomic E-state index is 12.3. The molecular weight excluding hydrogens is 326 g/mol. The molecule has 5 heteroatoms. The lowest BCUT2D eigenvalue weighted by atomic mass is 9.47. The molecule has 4 rings (SSSR count). The van der Waals surface area contributed by atoms with Crippen LogP contribution in [0.1, 0.15) is 52.4 Å². The van der Waals surface area contributed by atoms with E-state index in [1.165, 1.54) is 0 Å². The van der Waals surface area contributed by atoms with Crippen LogP contribution in [0.3, 0.4) is 0 Å². The molecule has 4 nitrogen and oxygen atoms in total. The van der Waals surface area contributed by atoms with Crippen LogP contribution in [0.15, 0.2) is 10.6 Å². The minimum atomic E-state index is -0.729. The zero-order valence-electron chi connectivity index (χ0n) is 14.5. The average molecular weight is 354 g/mol. The van der Waals surface area contributed by atoms with E-state index in [-0.39, 0.29) is 34.6 Å². The topological polar surface area (TPSA) is 83.6 Å². The summed E-state index contributed by atoms with van der Waals surface area (Å²) in [5.41, 5.74) is 7.00. The first-order valence-electron chi connectivity index (χ1n) is 9.23. The molecule has 0 heterocycles. The predicted octanol–water partition coefficient (Wildman–Crippen LogP) is 2.35. The summed E-state index contributed by atoms with van der Waals surface area (Å²) in [6, 6.07) is -0.416. The number of hydrogen-bond acceptors (Lipinski definition) is 4. The molecule has 4 aliphatic carbocycles. The number of hydrogen-bond donors (Lipinski definition) is 3. The molecule has 0 bridgehead atoms. The minimum absolute atomic E-state index is 0.00209. The van der Waals surface area contributed by atoms with Crippen LogP contribution in [0.25, 0.3) is 0 Å². The van der Waals surface area contributed by atoms with Crippen molar-refractivity contribution in [1.82, 2.24) is 0 Å². The molecule has 0 spiro atoms. The van der Waals surface area contributed by atoms with Gasteiger partial charge in [-0.3, -0.25) is 4.79 Å². The first-order valence-corrected chi connectivity index (χ1v) is 9.61. The van der Waals surface area contributed by atoms with Gasteiger partial charge in [0.15, 0.2) is 0 Å². The third-order valence-electron chi connectivity index (χ3n) is 8.11. The van der Waals surface area contributed by atoms with Gasteiger partial charge in [0.2, 0.25) is 0 Å². The summed E-state index contributed by atoms with van der Waals surface area (Å²) in [5, 5.41) is 21.6. The fraction of sp³-hybridized carbons (Fsp3) is 0.842. The Morgan fingerprint density at radius 1 is 1.12 bits per heavy atom. The Morgan fingerprint density at radius 3 is 2.54 bits per heavy atom. The molecule has 0 radical (unpaired) electrons. The van der Waals surface area contributed by atoms with Gasteiger partial charge in [-0.1, -0.05) is 25.4 Å². The van der Waals surface area contributed by atoms with E-state index < -0.39 is 12.1 Å². The summed E-state index contributed by atoms with van der Waals surface area (Å²) in [4.78, 5) is 12.3. The molecule has 134 valence electrons. The molecule has 8 atom stereocenters. The number of fused-ring (bicyclic) bond motifs is 5. The molecule has 4 aliphatic rings. The Morgan fingerprint density at radius 2 is 1.83 bits per heavy atom. The quantitative estimate of drug-likeness (QED) is 0.624. The number of ketones is 1. The van der Waals surface area contributed by atoms with E-state index in [1.54, 1.807) is 0 Å². The average Bonchev–Trinajstić information content (AvgIpc) is 2.77. The van der Waals surface area contributed by atoms with Gasteiger partial charge in [0.25, 0.3) is 0 Å². The van der Waals surface area contributed by atoms with Gasteiger partial charge in [0.05, 0.1) is 18.2 Å². The highest BCUT2D eigenvalue weighted by molar-refractivity contribution is 6.30. The molecular formula is C19H28ClNO3. The van der Waals surface area contributed by atoms with Crippen molar-refractivity contribution in [3.63, 3.8) is 0 Å².